The van der Waals surface area contributed by atoms with Crippen molar-refractivity contribution in [2.75, 3.05) is 72.2 Å². The second-order valence-electron chi connectivity index (χ2n) is 21.8. The first-order valence-corrected chi connectivity index (χ1v) is 44.8. The predicted molar refractivity (Wildman–Crippen MR) is 332 cm³/mol. The van der Waals surface area contributed by atoms with Crippen LogP contribution in [0.1, 0.15) is 79.1 Å². The van der Waals surface area contributed by atoms with E-state index in [9.17, 15) is 46.8 Å². The molecule has 20 nitrogen and oxygen atoms in total. The molecule has 4 atom stereocenters. The zero-order chi connectivity index (χ0) is 58.9. The van der Waals surface area contributed by atoms with Crippen molar-refractivity contribution >= 4 is 139 Å². The van der Waals surface area contributed by atoms with Crippen molar-refractivity contribution in [3.63, 3.8) is 0 Å². The zero-order valence-electron chi connectivity index (χ0n) is 48.3. The lowest BCUT2D eigenvalue weighted by molar-refractivity contribution is -0.128. The maximum Gasteiger partial charge on any atom is 0.242 e. The molecule has 0 aromatic heterocycles. The van der Waals surface area contributed by atoms with Gasteiger partial charge in [0.05, 0.1) is 11.5 Å². The minimum absolute atomic E-state index is 0.0368. The van der Waals surface area contributed by atoms with Crippen LogP contribution in [-0.2, 0) is 56.4 Å². The van der Waals surface area contributed by atoms with Gasteiger partial charge in [0, 0.05) is 65.4 Å². The molecule has 0 saturated heterocycles. The molecule has 0 saturated carbocycles. The number of carbonyl (C=O) groups excluding carboxylic acids is 8. The molecule has 29 heteroatoms. The number of thioether (sulfide) groups is 2. The molecule has 0 aliphatic rings. The highest BCUT2D eigenvalue weighted by molar-refractivity contribution is 8.02. The van der Waals surface area contributed by atoms with Crippen LogP contribution in [0.25, 0.3) is 0 Å². The molecule has 448 valence electrons. The molecule has 0 aliphatic carbocycles. The molecule has 77 heavy (non-hydrogen) atoms. The van der Waals surface area contributed by atoms with Gasteiger partial charge in [-0.15, -0.1) is 0 Å². The third kappa shape index (κ3) is 39.9. The number of hydrogen-bond donors (Lipinski definition) is 10. The highest BCUT2D eigenvalue weighted by atomic mass is 32.2. The lowest BCUT2D eigenvalue weighted by Gasteiger charge is -2.34. The topological polar surface area (TPSA) is 285 Å². The van der Waals surface area contributed by atoms with Gasteiger partial charge in [-0.2, -0.15) is 48.8 Å². The molecule has 0 aromatic carbocycles. The van der Waals surface area contributed by atoms with Gasteiger partial charge in [-0.3, -0.25) is 38.4 Å². The average Bonchev–Trinajstić information content (AvgIpc) is 3.29. The van der Waals surface area contributed by atoms with Crippen LogP contribution in [0.5, 0.6) is 0 Å². The lowest BCUT2D eigenvalue weighted by Crippen LogP contribution is -2.48. The summed E-state index contributed by atoms with van der Waals surface area (Å²) in [6.07, 6.45) is 4.49. The molecular formula is C48H98N8O12S5Si4. The molecule has 0 rings (SSSR count). The Bertz CT molecular complexity index is 1840. The lowest BCUT2D eigenvalue weighted by atomic mass is 10.2. The third-order valence-electron chi connectivity index (χ3n) is 11.9. The van der Waals surface area contributed by atoms with Gasteiger partial charge in [0.15, 0.2) is 43.1 Å². The van der Waals surface area contributed by atoms with E-state index in [0.29, 0.717) is 99.2 Å². The van der Waals surface area contributed by atoms with Crippen molar-refractivity contribution in [1.29, 1.82) is 0 Å². The summed E-state index contributed by atoms with van der Waals surface area (Å²) in [5.41, 5.74) is 0. The molecular weight excluding hydrogens is 1150 g/mol. The van der Waals surface area contributed by atoms with Crippen LogP contribution >= 0.6 is 48.8 Å². The van der Waals surface area contributed by atoms with Gasteiger partial charge in [-0.1, -0.05) is 0 Å². The number of hydrogen-bond acceptors (Lipinski definition) is 16. The predicted octanol–water partition coefficient (Wildman–Crippen LogP) is 4.19. The summed E-state index contributed by atoms with van der Waals surface area (Å²) in [7, 11) is -11.7. The highest BCUT2D eigenvalue weighted by Gasteiger charge is 2.34. The summed E-state index contributed by atoms with van der Waals surface area (Å²) in [5, 5.41) is 22.5. The maximum atomic E-state index is 13.1. The van der Waals surface area contributed by atoms with Crippen LogP contribution in [0.15, 0.2) is 0 Å². The molecule has 0 heterocycles. The third-order valence-corrected chi connectivity index (χ3v) is 31.7. The quantitative estimate of drug-likeness (QED) is 0.0233. The van der Waals surface area contributed by atoms with Crippen LogP contribution in [-0.4, -0.2) is 185 Å². The minimum atomic E-state index is -3.37. The van der Waals surface area contributed by atoms with Gasteiger partial charge in [-0.25, -0.2) is 8.42 Å². The van der Waals surface area contributed by atoms with E-state index >= 15 is 0 Å². The Morgan fingerprint density at radius 2 is 0.649 bits per heavy atom. The molecule has 0 fully saturated rings. The fourth-order valence-electron chi connectivity index (χ4n) is 8.49. The van der Waals surface area contributed by atoms with E-state index in [0.717, 1.165) is 37.0 Å². The van der Waals surface area contributed by atoms with E-state index in [2.05, 4.69) is 120 Å². The molecule has 0 bridgehead atoms. The van der Waals surface area contributed by atoms with Crippen molar-refractivity contribution < 1.29 is 55.0 Å². The molecule has 8 amide bonds. The van der Waals surface area contributed by atoms with Crippen LogP contribution < -0.4 is 42.5 Å². The van der Waals surface area contributed by atoms with Gasteiger partial charge in [-0.05, 0) is 151 Å². The van der Waals surface area contributed by atoms with E-state index in [1.807, 2.05) is 0 Å². The van der Waals surface area contributed by atoms with Crippen molar-refractivity contribution in [3.05, 3.63) is 0 Å². The Kier molecular flexibility index (Phi) is 38.3. The Labute approximate surface area is 485 Å². The van der Waals surface area contributed by atoms with E-state index in [4.69, 9.17) is 8.23 Å². The summed E-state index contributed by atoms with van der Waals surface area (Å²) >= 11 is 11.2. The van der Waals surface area contributed by atoms with E-state index < -0.39 is 67.3 Å². The van der Waals surface area contributed by atoms with Gasteiger partial charge in [0.25, 0.3) is 0 Å². The smallest absolute Gasteiger partial charge is 0.242 e. The van der Waals surface area contributed by atoms with Crippen molar-refractivity contribution in [3.8, 4) is 0 Å². The summed E-state index contributed by atoms with van der Waals surface area (Å²) in [6, 6.07) is 0.632. The molecule has 0 radical (unpaired) electrons. The van der Waals surface area contributed by atoms with E-state index in [1.165, 1.54) is 51.2 Å². The van der Waals surface area contributed by atoms with Crippen molar-refractivity contribution in [2.45, 2.75) is 180 Å². The summed E-state index contributed by atoms with van der Waals surface area (Å²) in [5.74, 6) is 0.273. The summed E-state index contributed by atoms with van der Waals surface area (Å²) < 4.78 is 39.2. The van der Waals surface area contributed by atoms with Gasteiger partial charge >= 0.3 is 0 Å². The minimum Gasteiger partial charge on any atom is -0.455 e. The number of sulfone groups is 1. The number of amides is 8. The van der Waals surface area contributed by atoms with E-state index in [-0.39, 0.29) is 58.8 Å². The van der Waals surface area contributed by atoms with Crippen LogP contribution in [0.3, 0.4) is 0 Å². The van der Waals surface area contributed by atoms with Crippen molar-refractivity contribution in [2.24, 2.45) is 0 Å². The molecule has 8 N–H and O–H groups in total. The summed E-state index contributed by atoms with van der Waals surface area (Å²) in [4.78, 5) is 98.2. The second-order valence-corrected chi connectivity index (χ2v) is 45.2. The van der Waals surface area contributed by atoms with E-state index in [1.54, 1.807) is 0 Å². The first-order valence-electron chi connectivity index (χ1n) is 26.9. The Morgan fingerprint density at radius 1 is 0.416 bits per heavy atom. The zero-order valence-corrected chi connectivity index (χ0v) is 56.5. The van der Waals surface area contributed by atoms with Crippen LogP contribution in [0, 0.1) is 0 Å². The van der Waals surface area contributed by atoms with Gasteiger partial charge in [0.2, 0.25) is 47.3 Å². The average molecular weight is 1250 g/mol. The first kappa shape index (κ1) is 74.9. The first-order chi connectivity index (χ1) is 35.7. The number of nitrogens with one attached hydrogen (secondary N) is 8. The Morgan fingerprint density at radius 3 is 0.870 bits per heavy atom. The van der Waals surface area contributed by atoms with Crippen LogP contribution in [0.4, 0.5) is 0 Å². The largest absolute Gasteiger partial charge is 0.455 e. The normalized spacial score (nSPS) is 13.8. The van der Waals surface area contributed by atoms with Crippen LogP contribution in [0.2, 0.25) is 76.6 Å². The van der Waals surface area contributed by atoms with Gasteiger partial charge < -0.3 is 50.8 Å². The standard InChI is InChI=1S/C48H98N8O12S5Si4/c1-37(57)53-41(17-25-69)45(61)49-21-13-33-74(5,6)67-76(9,10)35-15-23-51-47(63)43(55-39(3)59)19-27-71-29-31-73(65,66)32-30-72-28-20-44(56-40(4)60)48(64)52-24-16-36-77(11,12)68-75(7,8)34-14-22-50-46(62)42(18-26-70)54-38(2)58/h41-44,69-70H,13-36H2,1-12H3,(H,49,61)(H,50,62)(H,51,63)(H,52,64)(H,53,57)(H,54,58)(H,55,59)(H,56,60). The maximum absolute atomic E-state index is 13.1. The Balaban J connectivity index is 4.70. The molecule has 4 unspecified atom stereocenters. The monoisotopic (exact) mass is 1250 g/mol. The number of rotatable bonds is 44. The highest BCUT2D eigenvalue weighted by Crippen LogP contribution is 2.25. The number of carbonyl (C=O) groups is 8. The van der Waals surface area contributed by atoms with Crippen molar-refractivity contribution in [1.82, 2.24) is 42.5 Å². The fraction of sp³-hybridized carbons (Fsp3) is 0.833. The summed E-state index contributed by atoms with van der Waals surface area (Å²) in [6.45, 7) is 24.6. The Hall–Kier alpha value is -2.10. The second kappa shape index (κ2) is 39.4. The molecule has 0 spiro atoms. The fourth-order valence-corrected chi connectivity index (χ4v) is 31.1. The van der Waals surface area contributed by atoms with Gasteiger partial charge in [0.1, 0.15) is 24.2 Å². The number of thiol groups is 2. The SMILES string of the molecule is CC(=O)NC(CCS)C(=O)NCCC[Si](C)(C)O[Si](C)(C)CCCNC(=O)C(CCSCCS(=O)(=O)CCSCCC(NC(C)=O)C(=O)NCCC[Si](C)(C)O[Si](C)(C)CCCNC(=O)C(CCS)NC(C)=O)NC(C)=O. The molecule has 0 aliphatic heterocycles. The molecule has 0 aromatic rings.